The van der Waals surface area contributed by atoms with Crippen LogP contribution in [0.2, 0.25) is 0 Å². The molecule has 0 saturated heterocycles. The van der Waals surface area contributed by atoms with Crippen LogP contribution in [0.4, 0.5) is 5.69 Å². The molecule has 0 saturated carbocycles. The first-order chi connectivity index (χ1) is 22.3. The van der Waals surface area contributed by atoms with Crippen molar-refractivity contribution in [3.8, 4) is 11.5 Å². The Hall–Kier alpha value is -4.83. The van der Waals surface area contributed by atoms with E-state index in [0.717, 1.165) is 21.0 Å². The lowest BCUT2D eigenvalue weighted by Crippen LogP contribution is -2.56. The average Bonchev–Trinajstić information content (AvgIpc) is 3.05. The minimum Gasteiger partial charge on any atom is -0.497 e. The number of methoxy groups -OCH3 is 2. The molecule has 1 N–H and O–H groups in total. The number of anilines is 1. The van der Waals surface area contributed by atoms with E-state index in [-0.39, 0.29) is 35.2 Å². The SMILES string of the molecule is COc1ccc(S(=O)(=O)N(CC(=O)N(Cc2ccccc2C)C(Cc2ccccc2)C(=O)NC(C)(C)C)c2ccccc2OC)cc1. The number of nitrogens with one attached hydrogen (secondary N) is 1. The molecule has 0 aliphatic heterocycles. The summed E-state index contributed by atoms with van der Waals surface area (Å²) in [5, 5.41) is 3.05. The highest BCUT2D eigenvalue weighted by Gasteiger charge is 2.36. The fourth-order valence-electron chi connectivity index (χ4n) is 5.20. The van der Waals surface area contributed by atoms with Gasteiger partial charge in [-0.2, -0.15) is 0 Å². The molecule has 0 aliphatic rings. The van der Waals surface area contributed by atoms with E-state index in [1.165, 1.54) is 31.3 Å². The molecular weight excluding hydrogens is 614 g/mol. The van der Waals surface area contributed by atoms with Crippen LogP contribution in [0.3, 0.4) is 0 Å². The second kappa shape index (κ2) is 15.2. The number of hydrogen-bond donors (Lipinski definition) is 1. The zero-order valence-electron chi connectivity index (χ0n) is 27.8. The molecule has 2 amide bonds. The van der Waals surface area contributed by atoms with E-state index in [4.69, 9.17) is 9.47 Å². The normalized spacial score (nSPS) is 12.1. The summed E-state index contributed by atoms with van der Waals surface area (Å²) in [5.41, 5.74) is 2.24. The maximum absolute atomic E-state index is 14.7. The van der Waals surface area contributed by atoms with Crippen molar-refractivity contribution in [3.63, 3.8) is 0 Å². The summed E-state index contributed by atoms with van der Waals surface area (Å²) in [6.45, 7) is 7.07. The number of para-hydroxylation sites is 2. The first-order valence-electron chi connectivity index (χ1n) is 15.3. The topological polar surface area (TPSA) is 105 Å². The van der Waals surface area contributed by atoms with Crippen LogP contribution in [0.1, 0.15) is 37.5 Å². The lowest BCUT2D eigenvalue weighted by Gasteiger charge is -2.35. The van der Waals surface area contributed by atoms with Gasteiger partial charge in [0, 0.05) is 18.5 Å². The molecule has 0 spiro atoms. The fraction of sp³-hybridized carbons (Fsp3) is 0.297. The summed E-state index contributed by atoms with van der Waals surface area (Å²) in [6.07, 6.45) is 0.222. The molecule has 1 atom stereocenters. The zero-order valence-corrected chi connectivity index (χ0v) is 28.6. The second-order valence-corrected chi connectivity index (χ2v) is 14.1. The third-order valence-electron chi connectivity index (χ3n) is 7.65. The maximum atomic E-state index is 14.7. The van der Waals surface area contributed by atoms with Crippen LogP contribution in [0.15, 0.2) is 108 Å². The highest BCUT2D eigenvalue weighted by molar-refractivity contribution is 7.92. The summed E-state index contributed by atoms with van der Waals surface area (Å²) in [6, 6.07) is 28.7. The molecule has 10 heteroatoms. The van der Waals surface area contributed by atoms with Gasteiger partial charge in [-0.3, -0.25) is 13.9 Å². The Kier molecular flexibility index (Phi) is 11.3. The van der Waals surface area contributed by atoms with Crippen molar-refractivity contribution in [1.29, 1.82) is 0 Å². The van der Waals surface area contributed by atoms with Gasteiger partial charge in [-0.25, -0.2) is 8.42 Å². The van der Waals surface area contributed by atoms with E-state index in [1.807, 2.05) is 82.3 Å². The van der Waals surface area contributed by atoms with Gasteiger partial charge in [-0.05, 0) is 80.8 Å². The summed E-state index contributed by atoms with van der Waals surface area (Å²) in [7, 11) is -1.37. The Morgan fingerprint density at radius 3 is 2.04 bits per heavy atom. The van der Waals surface area contributed by atoms with Crippen LogP contribution in [0, 0.1) is 6.92 Å². The van der Waals surface area contributed by atoms with E-state index in [2.05, 4.69) is 5.32 Å². The van der Waals surface area contributed by atoms with Crippen molar-refractivity contribution >= 4 is 27.5 Å². The van der Waals surface area contributed by atoms with Crippen molar-refractivity contribution in [3.05, 3.63) is 120 Å². The van der Waals surface area contributed by atoms with Gasteiger partial charge in [0.15, 0.2) is 0 Å². The van der Waals surface area contributed by atoms with Gasteiger partial charge in [0.2, 0.25) is 11.8 Å². The van der Waals surface area contributed by atoms with Crippen molar-refractivity contribution in [2.24, 2.45) is 0 Å². The molecule has 0 heterocycles. The third-order valence-corrected chi connectivity index (χ3v) is 9.43. The van der Waals surface area contributed by atoms with Gasteiger partial charge >= 0.3 is 0 Å². The van der Waals surface area contributed by atoms with E-state index in [9.17, 15) is 18.0 Å². The number of carbonyl (C=O) groups excluding carboxylic acids is 2. The Bertz CT molecular complexity index is 1770. The van der Waals surface area contributed by atoms with Crippen LogP contribution in [0.5, 0.6) is 11.5 Å². The lowest BCUT2D eigenvalue weighted by molar-refractivity contribution is -0.140. The number of aryl methyl sites for hydroxylation is 1. The Balaban J connectivity index is 1.85. The van der Waals surface area contributed by atoms with Gasteiger partial charge < -0.3 is 19.7 Å². The van der Waals surface area contributed by atoms with Crippen LogP contribution in [0.25, 0.3) is 0 Å². The minimum atomic E-state index is -4.31. The van der Waals surface area contributed by atoms with E-state index < -0.39 is 34.1 Å². The van der Waals surface area contributed by atoms with Crippen molar-refractivity contribution in [2.45, 2.75) is 57.1 Å². The zero-order chi connectivity index (χ0) is 34.2. The van der Waals surface area contributed by atoms with Crippen LogP contribution < -0.4 is 19.1 Å². The Morgan fingerprint density at radius 1 is 0.809 bits per heavy atom. The monoisotopic (exact) mass is 657 g/mol. The average molecular weight is 658 g/mol. The van der Waals surface area contributed by atoms with Crippen molar-refractivity contribution < 1.29 is 27.5 Å². The molecule has 4 aromatic rings. The molecule has 0 bridgehead atoms. The Labute approximate surface area is 278 Å². The standard InChI is InChI=1S/C37H43N3O6S/c1-27-14-10-11-17-29(27)25-39(33(36(42)38-37(2,3)4)24-28-15-8-7-9-16-28)35(41)26-40(32-18-12-13-19-34(32)46-6)47(43,44)31-22-20-30(45-5)21-23-31/h7-23,33H,24-26H2,1-6H3,(H,38,42). The highest BCUT2D eigenvalue weighted by atomic mass is 32.2. The number of rotatable bonds is 13. The van der Waals surface area contributed by atoms with Gasteiger partial charge in [0.25, 0.3) is 10.0 Å². The summed E-state index contributed by atoms with van der Waals surface area (Å²) < 4.78 is 40.5. The molecule has 0 aromatic heterocycles. The van der Waals surface area contributed by atoms with Gasteiger partial charge in [-0.15, -0.1) is 0 Å². The Morgan fingerprint density at radius 2 is 1.43 bits per heavy atom. The smallest absolute Gasteiger partial charge is 0.264 e. The molecule has 0 aliphatic carbocycles. The number of benzene rings is 4. The number of ether oxygens (including phenoxy) is 2. The number of hydrogen-bond acceptors (Lipinski definition) is 6. The molecule has 47 heavy (non-hydrogen) atoms. The third kappa shape index (κ3) is 8.92. The van der Waals surface area contributed by atoms with Gasteiger partial charge in [0.05, 0.1) is 24.8 Å². The predicted molar refractivity (Wildman–Crippen MR) is 184 cm³/mol. The summed E-state index contributed by atoms with van der Waals surface area (Å²) in [5.74, 6) is -0.137. The molecule has 9 nitrogen and oxygen atoms in total. The van der Waals surface area contributed by atoms with E-state index >= 15 is 0 Å². The van der Waals surface area contributed by atoms with Crippen molar-refractivity contribution in [1.82, 2.24) is 10.2 Å². The molecule has 4 rings (SSSR count). The van der Waals surface area contributed by atoms with Crippen LogP contribution >= 0.6 is 0 Å². The molecule has 4 aromatic carbocycles. The van der Waals surface area contributed by atoms with Gasteiger partial charge in [0.1, 0.15) is 24.1 Å². The van der Waals surface area contributed by atoms with E-state index in [1.54, 1.807) is 36.4 Å². The maximum Gasteiger partial charge on any atom is 0.264 e. The van der Waals surface area contributed by atoms with Crippen LogP contribution in [-0.4, -0.2) is 57.5 Å². The minimum absolute atomic E-state index is 0.0335. The molecule has 0 radical (unpaired) electrons. The summed E-state index contributed by atoms with van der Waals surface area (Å²) in [4.78, 5) is 30.2. The van der Waals surface area contributed by atoms with E-state index in [0.29, 0.717) is 5.75 Å². The largest absolute Gasteiger partial charge is 0.497 e. The molecule has 248 valence electrons. The number of nitrogens with zero attached hydrogens (tertiary/aromatic N) is 2. The molecular formula is C37H43N3O6S. The summed E-state index contributed by atoms with van der Waals surface area (Å²) >= 11 is 0. The first kappa shape index (κ1) is 35.0. The van der Waals surface area contributed by atoms with Crippen molar-refractivity contribution in [2.75, 3.05) is 25.1 Å². The predicted octanol–water partition coefficient (Wildman–Crippen LogP) is 5.76. The van der Waals surface area contributed by atoms with Gasteiger partial charge in [-0.1, -0.05) is 66.7 Å². The number of amides is 2. The number of sulfonamides is 1. The quantitative estimate of drug-likeness (QED) is 0.196. The number of carbonyl (C=O) groups is 2. The molecule has 0 fully saturated rings. The lowest BCUT2D eigenvalue weighted by atomic mass is 10.00. The fourth-order valence-corrected chi connectivity index (χ4v) is 6.63. The second-order valence-electron chi connectivity index (χ2n) is 12.3. The molecule has 1 unspecified atom stereocenters. The first-order valence-corrected chi connectivity index (χ1v) is 16.8. The highest BCUT2D eigenvalue weighted by Crippen LogP contribution is 2.33. The van der Waals surface area contributed by atoms with Crippen LogP contribution in [-0.2, 0) is 32.6 Å².